The van der Waals surface area contributed by atoms with Gasteiger partial charge < -0.3 is 10.3 Å². The quantitative estimate of drug-likeness (QED) is 0.303. The molecule has 196 valence electrons. The molecule has 0 saturated carbocycles. The summed E-state index contributed by atoms with van der Waals surface area (Å²) in [5.74, 6) is 1.39. The number of nitrogens with one attached hydrogen (secondary N) is 2. The van der Waals surface area contributed by atoms with E-state index in [-0.39, 0.29) is 28.6 Å². The second-order valence-electron chi connectivity index (χ2n) is 10.0. The van der Waals surface area contributed by atoms with Crippen LogP contribution in [0, 0.1) is 0 Å². The predicted octanol–water partition coefficient (Wildman–Crippen LogP) is 4.70. The molecule has 1 amide bonds. The van der Waals surface area contributed by atoms with Crippen molar-refractivity contribution in [1.82, 2.24) is 34.5 Å². The average molecular weight is 569 g/mol. The Morgan fingerprint density at radius 1 is 1.02 bits per heavy atom. The molecule has 2 aliphatic heterocycles. The number of fused-ring (bicyclic) bond motifs is 4. The van der Waals surface area contributed by atoms with Crippen LogP contribution in [0.2, 0.25) is 10.2 Å². The first-order valence-electron chi connectivity index (χ1n) is 12.6. The van der Waals surface area contributed by atoms with Crippen LogP contribution in [-0.4, -0.2) is 40.4 Å². The summed E-state index contributed by atoms with van der Waals surface area (Å²) in [7, 11) is 0. The third-order valence-corrected chi connectivity index (χ3v) is 7.96. The van der Waals surface area contributed by atoms with Crippen LogP contribution in [0.5, 0.6) is 0 Å². The maximum Gasteiger partial charge on any atom is 0.255 e. The van der Waals surface area contributed by atoms with E-state index in [4.69, 9.17) is 28.2 Å². The second kappa shape index (κ2) is 8.48. The highest BCUT2D eigenvalue weighted by Gasteiger charge is 2.46. The molecule has 5 aromatic rings. The summed E-state index contributed by atoms with van der Waals surface area (Å²) in [5.41, 5.74) is 6.37. The molecule has 0 spiro atoms. The van der Waals surface area contributed by atoms with Crippen molar-refractivity contribution in [2.24, 2.45) is 0 Å². The van der Waals surface area contributed by atoms with Crippen LogP contribution in [0.1, 0.15) is 35.5 Å². The van der Waals surface area contributed by atoms with Crippen molar-refractivity contribution in [3.05, 3.63) is 104 Å². The lowest BCUT2D eigenvalue weighted by Crippen LogP contribution is -2.25. The number of aromatic amines is 1. The lowest BCUT2D eigenvalue weighted by atomic mass is 10.0. The first-order chi connectivity index (χ1) is 19.4. The van der Waals surface area contributed by atoms with Gasteiger partial charge in [-0.1, -0.05) is 34.5 Å². The molecule has 1 aliphatic carbocycles. The maximum atomic E-state index is 13.6. The van der Waals surface area contributed by atoms with E-state index >= 15 is 0 Å². The molecule has 3 aliphatic rings. The Hall–Kier alpha value is -4.54. The van der Waals surface area contributed by atoms with Crippen LogP contribution in [0.15, 0.2) is 71.3 Å². The lowest BCUT2D eigenvalue weighted by Gasteiger charge is -2.17. The summed E-state index contributed by atoms with van der Waals surface area (Å²) in [6.07, 6.45) is 6.63. The number of amides is 1. The molecule has 5 heterocycles. The molecule has 0 saturated heterocycles. The minimum absolute atomic E-state index is 0.0137. The van der Waals surface area contributed by atoms with Crippen LogP contribution in [0.4, 0.5) is 5.69 Å². The van der Waals surface area contributed by atoms with Gasteiger partial charge in [0.05, 0.1) is 35.4 Å². The lowest BCUT2D eigenvalue weighted by molar-refractivity contribution is -0.116. The highest BCUT2D eigenvalue weighted by atomic mass is 35.5. The van der Waals surface area contributed by atoms with E-state index in [1.54, 1.807) is 35.2 Å². The van der Waals surface area contributed by atoms with Crippen LogP contribution in [-0.2, 0) is 11.2 Å². The summed E-state index contributed by atoms with van der Waals surface area (Å²) < 4.78 is 3.25. The minimum Gasteiger partial charge on any atom is -0.340 e. The number of hydrogen-bond donors (Lipinski definition) is 2. The van der Waals surface area contributed by atoms with Crippen molar-refractivity contribution in [1.29, 1.82) is 0 Å². The van der Waals surface area contributed by atoms with Gasteiger partial charge in [-0.2, -0.15) is 0 Å². The number of carbonyl (C=O) groups excluding carboxylic acids is 1. The van der Waals surface area contributed by atoms with Gasteiger partial charge in [0.15, 0.2) is 5.15 Å². The number of aryl methyl sites for hydroxylation is 1. The van der Waals surface area contributed by atoms with Gasteiger partial charge in [0, 0.05) is 34.3 Å². The monoisotopic (exact) mass is 568 g/mol. The number of aromatic nitrogens is 7. The minimum atomic E-state index is -0.305. The van der Waals surface area contributed by atoms with E-state index in [1.165, 1.54) is 10.7 Å². The van der Waals surface area contributed by atoms with Gasteiger partial charge in [0.25, 0.3) is 5.56 Å². The van der Waals surface area contributed by atoms with Crippen LogP contribution in [0.25, 0.3) is 28.3 Å². The average Bonchev–Trinajstić information content (AvgIpc) is 3.23. The number of halogens is 2. The number of rotatable bonds is 4. The number of carbonyl (C=O) groups is 1. The number of benzene rings is 2. The van der Waals surface area contributed by atoms with Gasteiger partial charge in [0.2, 0.25) is 5.91 Å². The molecule has 2 aromatic carbocycles. The molecule has 8 rings (SSSR count). The summed E-state index contributed by atoms with van der Waals surface area (Å²) in [5, 5.41) is 11.6. The zero-order valence-electron chi connectivity index (χ0n) is 20.6. The normalized spacial score (nSPS) is 18.6. The Balaban J connectivity index is 1.17. The molecule has 2 N–H and O–H groups in total. The van der Waals surface area contributed by atoms with Gasteiger partial charge in [-0.3, -0.25) is 14.2 Å². The highest BCUT2D eigenvalue weighted by Crippen LogP contribution is 2.53. The fourth-order valence-electron chi connectivity index (χ4n) is 5.65. The molecule has 2 unspecified atom stereocenters. The summed E-state index contributed by atoms with van der Waals surface area (Å²) in [4.78, 5) is 38.3. The fourth-order valence-corrected chi connectivity index (χ4v) is 5.95. The first kappa shape index (κ1) is 23.4. The first-order valence-corrected chi connectivity index (χ1v) is 13.4. The van der Waals surface area contributed by atoms with Crippen molar-refractivity contribution in [2.75, 3.05) is 5.32 Å². The Kier molecular flexibility index (Phi) is 4.95. The van der Waals surface area contributed by atoms with Crippen molar-refractivity contribution in [2.45, 2.75) is 24.8 Å². The van der Waals surface area contributed by atoms with E-state index in [2.05, 4.69) is 31.7 Å². The Bertz CT molecular complexity index is 1990. The number of H-pyrrole nitrogens is 1. The molecular formula is C28H18Cl2N8O2. The fraction of sp³-hybridized carbons (Fsp3) is 0.143. The maximum absolute atomic E-state index is 13.6. The largest absolute Gasteiger partial charge is 0.340 e. The van der Waals surface area contributed by atoms with E-state index in [0.29, 0.717) is 46.5 Å². The number of allylic oxidation sites excluding steroid dienone is 2. The molecule has 2 atom stereocenters. The van der Waals surface area contributed by atoms with E-state index in [1.807, 2.05) is 18.2 Å². The van der Waals surface area contributed by atoms with E-state index in [9.17, 15) is 9.59 Å². The molecule has 40 heavy (non-hydrogen) atoms. The highest BCUT2D eigenvalue weighted by molar-refractivity contribution is 6.31. The predicted molar refractivity (Wildman–Crippen MR) is 149 cm³/mol. The number of anilines is 1. The van der Waals surface area contributed by atoms with E-state index < -0.39 is 0 Å². The molecule has 12 heteroatoms. The Labute approximate surface area is 236 Å². The van der Waals surface area contributed by atoms with Crippen LogP contribution < -0.4 is 10.9 Å². The SMILES string of the molecule is O=C1CCc2cc(-c3ncc(C4C5=CC5c5nc(-c6cc(Cl)ccc6-n6cc(Cl)nn6)cc(=O)n54)[nH]3)ccc2N1. The summed E-state index contributed by atoms with van der Waals surface area (Å²) in [6, 6.07) is 12.4. The second-order valence-corrected chi connectivity index (χ2v) is 10.8. The summed E-state index contributed by atoms with van der Waals surface area (Å²) >= 11 is 12.3. The van der Waals surface area contributed by atoms with Gasteiger partial charge in [0.1, 0.15) is 17.7 Å². The zero-order valence-corrected chi connectivity index (χ0v) is 22.1. The number of imidazole rings is 1. The Morgan fingerprint density at radius 3 is 2.77 bits per heavy atom. The molecule has 3 aromatic heterocycles. The molecule has 10 nitrogen and oxygen atoms in total. The smallest absolute Gasteiger partial charge is 0.255 e. The van der Waals surface area contributed by atoms with E-state index in [0.717, 1.165) is 28.1 Å². The van der Waals surface area contributed by atoms with Gasteiger partial charge in [-0.25, -0.2) is 14.6 Å². The summed E-state index contributed by atoms with van der Waals surface area (Å²) in [6.45, 7) is 0. The standard InChI is InChI=1S/C28H18Cl2N8O2/c29-15-3-5-22(37-12-23(30)35-36-37)18(8-15)20-10-25(40)38-26(16-9-17(16)28(38)34-20)21-11-31-27(33-21)14-1-4-19-13(7-14)2-6-24(39)32-19/h1,3-5,7-12,17,26H,2,6H2,(H,31,33)(H,32,39). The van der Waals surface area contributed by atoms with Crippen molar-refractivity contribution >= 4 is 34.8 Å². The molecular weight excluding hydrogens is 551 g/mol. The van der Waals surface area contributed by atoms with Crippen LogP contribution >= 0.6 is 23.2 Å². The third kappa shape index (κ3) is 3.64. The molecule has 0 bridgehead atoms. The van der Waals surface area contributed by atoms with Gasteiger partial charge in [-0.15, -0.1) is 5.10 Å². The van der Waals surface area contributed by atoms with Gasteiger partial charge in [-0.05, 0) is 54.0 Å². The number of hydrogen-bond acceptors (Lipinski definition) is 6. The molecule has 0 radical (unpaired) electrons. The Morgan fingerprint density at radius 2 is 1.93 bits per heavy atom. The zero-order chi connectivity index (χ0) is 27.1. The van der Waals surface area contributed by atoms with Crippen molar-refractivity contribution in [3.63, 3.8) is 0 Å². The van der Waals surface area contributed by atoms with Gasteiger partial charge >= 0.3 is 0 Å². The third-order valence-electron chi connectivity index (χ3n) is 7.55. The molecule has 0 fully saturated rings. The number of nitrogens with zero attached hydrogens (tertiary/aromatic N) is 6. The van der Waals surface area contributed by atoms with Crippen LogP contribution in [0.3, 0.4) is 0 Å². The van der Waals surface area contributed by atoms with Crippen molar-refractivity contribution in [3.8, 4) is 28.3 Å². The topological polar surface area (TPSA) is 123 Å². The van der Waals surface area contributed by atoms with Crippen molar-refractivity contribution < 1.29 is 4.79 Å².